The van der Waals surface area contributed by atoms with E-state index < -0.39 is 6.17 Å². The molecule has 0 aliphatic carbocycles. The summed E-state index contributed by atoms with van der Waals surface area (Å²) in [4.78, 5) is 11.9. The van der Waals surface area contributed by atoms with Gasteiger partial charge < -0.3 is 11.1 Å². The Hall–Kier alpha value is -2.17. The van der Waals surface area contributed by atoms with E-state index in [0.29, 0.717) is 0 Å². The number of nitrogens with one attached hydrogen (secondary N) is 2. The first kappa shape index (κ1) is 11.9. The molecule has 19 heavy (non-hydrogen) atoms. The zero-order chi connectivity index (χ0) is 13.2. The standard InChI is InChI=1S/C15H15N3O/c16-14-15(19)17-12-9-5-4-8-11(12)13(18-14)10-6-2-1-3-7-10/h1-9,13-14,18H,16H2,(H,17,19). The number of amides is 1. The number of fused-ring (bicyclic) bond motifs is 1. The van der Waals surface area contributed by atoms with E-state index in [4.69, 9.17) is 5.73 Å². The van der Waals surface area contributed by atoms with Gasteiger partial charge in [-0.2, -0.15) is 0 Å². The number of carbonyl (C=O) groups excluding carboxylic acids is 1. The van der Waals surface area contributed by atoms with Crippen molar-refractivity contribution in [2.75, 3.05) is 5.32 Å². The highest BCUT2D eigenvalue weighted by atomic mass is 16.2. The lowest BCUT2D eigenvalue weighted by Crippen LogP contribution is -2.47. The average molecular weight is 253 g/mol. The molecule has 0 radical (unpaired) electrons. The molecule has 96 valence electrons. The van der Waals surface area contributed by atoms with Crippen molar-refractivity contribution < 1.29 is 4.79 Å². The molecule has 1 amide bonds. The minimum atomic E-state index is -0.724. The van der Waals surface area contributed by atoms with Crippen molar-refractivity contribution >= 4 is 11.6 Å². The predicted octanol–water partition coefficient (Wildman–Crippen LogP) is 1.60. The van der Waals surface area contributed by atoms with Gasteiger partial charge in [0.1, 0.15) is 6.17 Å². The van der Waals surface area contributed by atoms with Crippen molar-refractivity contribution in [2.24, 2.45) is 5.73 Å². The summed E-state index contributed by atoms with van der Waals surface area (Å²) in [5.74, 6) is -0.217. The first-order valence-corrected chi connectivity index (χ1v) is 6.22. The van der Waals surface area contributed by atoms with Crippen molar-refractivity contribution in [1.29, 1.82) is 0 Å². The van der Waals surface area contributed by atoms with E-state index >= 15 is 0 Å². The molecule has 4 nitrogen and oxygen atoms in total. The zero-order valence-electron chi connectivity index (χ0n) is 10.3. The molecule has 2 atom stereocenters. The van der Waals surface area contributed by atoms with Gasteiger partial charge in [-0.25, -0.2) is 0 Å². The van der Waals surface area contributed by atoms with E-state index in [1.807, 2.05) is 54.6 Å². The van der Waals surface area contributed by atoms with Gasteiger partial charge in [-0.3, -0.25) is 10.1 Å². The normalized spacial score (nSPS) is 22.3. The van der Waals surface area contributed by atoms with Crippen LogP contribution >= 0.6 is 0 Å². The SMILES string of the molecule is NC1NC(c2ccccc2)c2ccccc2NC1=O. The molecular formula is C15H15N3O. The third kappa shape index (κ3) is 2.23. The summed E-state index contributed by atoms with van der Waals surface area (Å²) >= 11 is 0. The minimum Gasteiger partial charge on any atom is -0.323 e. The van der Waals surface area contributed by atoms with Crippen molar-refractivity contribution in [3.8, 4) is 0 Å². The summed E-state index contributed by atoms with van der Waals surface area (Å²) in [5, 5.41) is 6.01. The van der Waals surface area contributed by atoms with Crippen LogP contribution in [-0.4, -0.2) is 12.1 Å². The lowest BCUT2D eigenvalue weighted by molar-refractivity contribution is -0.118. The monoisotopic (exact) mass is 253 g/mol. The average Bonchev–Trinajstić information content (AvgIpc) is 2.58. The van der Waals surface area contributed by atoms with E-state index in [1.54, 1.807) is 0 Å². The fourth-order valence-electron chi connectivity index (χ4n) is 2.34. The number of rotatable bonds is 1. The number of carbonyl (C=O) groups is 1. The molecule has 1 aliphatic heterocycles. The third-order valence-corrected chi connectivity index (χ3v) is 3.29. The lowest BCUT2D eigenvalue weighted by atomic mass is 9.97. The Bertz CT molecular complexity index is 597. The highest BCUT2D eigenvalue weighted by Crippen LogP contribution is 2.30. The predicted molar refractivity (Wildman–Crippen MR) is 74.5 cm³/mol. The molecule has 0 bridgehead atoms. The summed E-state index contributed by atoms with van der Waals surface area (Å²) in [6.45, 7) is 0. The van der Waals surface area contributed by atoms with Gasteiger partial charge in [0.05, 0.1) is 6.04 Å². The Morgan fingerprint density at radius 3 is 2.42 bits per heavy atom. The van der Waals surface area contributed by atoms with Crippen LogP contribution in [0, 0.1) is 0 Å². The molecule has 1 aliphatic rings. The molecule has 4 heteroatoms. The molecule has 3 rings (SSSR count). The van der Waals surface area contributed by atoms with Gasteiger partial charge in [-0.15, -0.1) is 0 Å². The number of benzene rings is 2. The molecule has 1 heterocycles. The molecule has 0 aromatic heterocycles. The van der Waals surface area contributed by atoms with Crippen LogP contribution in [0.15, 0.2) is 54.6 Å². The van der Waals surface area contributed by atoms with Crippen LogP contribution in [-0.2, 0) is 4.79 Å². The molecule has 2 unspecified atom stereocenters. The second-order valence-corrected chi connectivity index (χ2v) is 4.56. The summed E-state index contributed by atoms with van der Waals surface area (Å²) in [5.41, 5.74) is 8.78. The quantitative estimate of drug-likeness (QED) is 0.723. The first-order chi connectivity index (χ1) is 9.25. The van der Waals surface area contributed by atoms with Gasteiger partial charge in [0.2, 0.25) is 0 Å². The topological polar surface area (TPSA) is 67.2 Å². The van der Waals surface area contributed by atoms with Crippen molar-refractivity contribution in [1.82, 2.24) is 5.32 Å². The maximum atomic E-state index is 11.9. The smallest absolute Gasteiger partial charge is 0.256 e. The van der Waals surface area contributed by atoms with Gasteiger partial charge in [0.25, 0.3) is 5.91 Å². The molecule has 2 aromatic rings. The lowest BCUT2D eigenvalue weighted by Gasteiger charge is -2.20. The van der Waals surface area contributed by atoms with E-state index in [9.17, 15) is 4.79 Å². The maximum Gasteiger partial charge on any atom is 0.256 e. The Morgan fingerprint density at radius 1 is 0.947 bits per heavy atom. The fourth-order valence-corrected chi connectivity index (χ4v) is 2.34. The van der Waals surface area contributed by atoms with Crippen LogP contribution in [0.2, 0.25) is 0 Å². The van der Waals surface area contributed by atoms with Gasteiger partial charge in [-0.1, -0.05) is 48.5 Å². The third-order valence-electron chi connectivity index (χ3n) is 3.29. The van der Waals surface area contributed by atoms with Crippen LogP contribution in [0.4, 0.5) is 5.69 Å². The van der Waals surface area contributed by atoms with Crippen LogP contribution in [0.5, 0.6) is 0 Å². The van der Waals surface area contributed by atoms with E-state index in [0.717, 1.165) is 16.8 Å². The van der Waals surface area contributed by atoms with Gasteiger partial charge >= 0.3 is 0 Å². The van der Waals surface area contributed by atoms with Gasteiger partial charge in [0, 0.05) is 5.69 Å². The highest BCUT2D eigenvalue weighted by molar-refractivity contribution is 5.96. The maximum absolute atomic E-state index is 11.9. The minimum absolute atomic E-state index is 0.0913. The second kappa shape index (κ2) is 4.84. The van der Waals surface area contributed by atoms with Crippen molar-refractivity contribution in [2.45, 2.75) is 12.2 Å². The molecule has 0 spiro atoms. The van der Waals surface area contributed by atoms with E-state index in [-0.39, 0.29) is 11.9 Å². The summed E-state index contributed by atoms with van der Waals surface area (Å²) in [7, 11) is 0. The molecule has 4 N–H and O–H groups in total. The van der Waals surface area contributed by atoms with Crippen molar-refractivity contribution in [3.63, 3.8) is 0 Å². The summed E-state index contributed by atoms with van der Waals surface area (Å²) in [6, 6.07) is 17.6. The summed E-state index contributed by atoms with van der Waals surface area (Å²) in [6.07, 6.45) is -0.724. The van der Waals surface area contributed by atoms with Crippen LogP contribution in [0.1, 0.15) is 17.2 Å². The Morgan fingerprint density at radius 2 is 1.63 bits per heavy atom. The number of nitrogens with two attached hydrogens (primary N) is 1. The highest BCUT2D eigenvalue weighted by Gasteiger charge is 2.27. The summed E-state index contributed by atoms with van der Waals surface area (Å²) < 4.78 is 0. The number of anilines is 1. The van der Waals surface area contributed by atoms with Crippen molar-refractivity contribution in [3.05, 3.63) is 65.7 Å². The molecule has 0 saturated heterocycles. The molecule has 0 saturated carbocycles. The fraction of sp³-hybridized carbons (Fsp3) is 0.133. The zero-order valence-corrected chi connectivity index (χ0v) is 10.3. The largest absolute Gasteiger partial charge is 0.323 e. The first-order valence-electron chi connectivity index (χ1n) is 6.22. The van der Waals surface area contributed by atoms with E-state index in [1.165, 1.54) is 0 Å². The Balaban J connectivity index is 2.10. The second-order valence-electron chi connectivity index (χ2n) is 4.56. The number of para-hydroxylation sites is 1. The van der Waals surface area contributed by atoms with Crippen LogP contribution < -0.4 is 16.4 Å². The van der Waals surface area contributed by atoms with Gasteiger partial charge in [-0.05, 0) is 17.2 Å². The molecule has 2 aromatic carbocycles. The Kier molecular flexibility index (Phi) is 3.03. The van der Waals surface area contributed by atoms with Crippen LogP contribution in [0.3, 0.4) is 0 Å². The van der Waals surface area contributed by atoms with Crippen LogP contribution in [0.25, 0.3) is 0 Å². The molecular weight excluding hydrogens is 238 g/mol. The molecule has 0 fully saturated rings. The number of hydrogen-bond acceptors (Lipinski definition) is 3. The Labute approximate surface area is 111 Å². The van der Waals surface area contributed by atoms with E-state index in [2.05, 4.69) is 10.6 Å². The number of hydrogen-bond donors (Lipinski definition) is 3. The van der Waals surface area contributed by atoms with Gasteiger partial charge in [0.15, 0.2) is 0 Å².